The molecule has 0 saturated heterocycles. The highest BCUT2D eigenvalue weighted by Crippen LogP contribution is 2.24. The van der Waals surface area contributed by atoms with Crippen molar-refractivity contribution in [2.75, 3.05) is 18.5 Å². The Hall–Kier alpha value is -0.960. The van der Waals surface area contributed by atoms with Crippen LogP contribution in [0, 0.1) is 0 Å². The Kier molecular flexibility index (Phi) is 2.04. The lowest BCUT2D eigenvalue weighted by Crippen LogP contribution is -2.19. The molecule has 2 rings (SSSR count). The molecule has 1 aliphatic heterocycles. The number of fused-ring (bicyclic) bond motifs is 1. The molecule has 1 aromatic rings. The summed E-state index contributed by atoms with van der Waals surface area (Å²) < 4.78 is 5.35. The van der Waals surface area contributed by atoms with E-state index in [1.807, 2.05) is 12.1 Å². The molecule has 64 valence electrons. The molecule has 4 heteroatoms. The maximum atomic E-state index is 5.64. The number of alkyl halides is 1. The number of rotatable bonds is 1. The third-order valence-electron chi connectivity index (χ3n) is 1.70. The van der Waals surface area contributed by atoms with Crippen molar-refractivity contribution in [3.63, 3.8) is 0 Å². The summed E-state index contributed by atoms with van der Waals surface area (Å²) in [6.07, 6.45) is 0. The topological polar surface area (TPSA) is 34.2 Å². The monoisotopic (exact) mass is 184 g/mol. The van der Waals surface area contributed by atoms with Gasteiger partial charge in [-0.05, 0) is 12.1 Å². The number of ether oxygens (including phenoxy) is 1. The van der Waals surface area contributed by atoms with Gasteiger partial charge in [-0.3, -0.25) is 0 Å². The zero-order chi connectivity index (χ0) is 8.39. The van der Waals surface area contributed by atoms with E-state index in [9.17, 15) is 0 Å². The molecule has 12 heavy (non-hydrogen) atoms. The summed E-state index contributed by atoms with van der Waals surface area (Å²) >= 11 is 5.64. The number of hydrogen-bond donors (Lipinski definition) is 1. The average molecular weight is 185 g/mol. The van der Waals surface area contributed by atoms with E-state index >= 15 is 0 Å². The molecule has 1 aromatic heterocycles. The van der Waals surface area contributed by atoms with Crippen molar-refractivity contribution >= 4 is 17.4 Å². The first-order valence-corrected chi connectivity index (χ1v) is 4.36. The van der Waals surface area contributed by atoms with Crippen molar-refractivity contribution in [3.05, 3.63) is 17.8 Å². The minimum absolute atomic E-state index is 0.439. The molecule has 1 N–H and O–H groups in total. The van der Waals surface area contributed by atoms with Crippen LogP contribution in [-0.4, -0.2) is 18.1 Å². The summed E-state index contributed by atoms with van der Waals surface area (Å²) in [4.78, 5) is 4.26. The normalized spacial score (nSPS) is 14.4. The Labute approximate surface area is 75.7 Å². The van der Waals surface area contributed by atoms with E-state index in [0.717, 1.165) is 23.8 Å². The molecule has 0 unspecified atom stereocenters. The molecule has 0 amide bonds. The van der Waals surface area contributed by atoms with Crippen molar-refractivity contribution < 1.29 is 4.74 Å². The van der Waals surface area contributed by atoms with Gasteiger partial charge in [0, 0.05) is 0 Å². The molecule has 0 aromatic carbocycles. The van der Waals surface area contributed by atoms with Gasteiger partial charge >= 0.3 is 0 Å². The summed E-state index contributed by atoms with van der Waals surface area (Å²) in [5.41, 5.74) is 0.869. The zero-order valence-corrected chi connectivity index (χ0v) is 7.27. The van der Waals surface area contributed by atoms with Crippen LogP contribution in [0.1, 0.15) is 5.69 Å². The first-order valence-electron chi connectivity index (χ1n) is 3.83. The van der Waals surface area contributed by atoms with Crippen molar-refractivity contribution in [1.82, 2.24) is 4.98 Å². The second-order valence-corrected chi connectivity index (χ2v) is 2.83. The summed E-state index contributed by atoms with van der Waals surface area (Å²) in [5, 5.41) is 3.14. The summed E-state index contributed by atoms with van der Waals surface area (Å²) in [6, 6.07) is 3.77. The third kappa shape index (κ3) is 1.32. The van der Waals surface area contributed by atoms with Crippen LogP contribution in [0.3, 0.4) is 0 Å². The second-order valence-electron chi connectivity index (χ2n) is 2.56. The van der Waals surface area contributed by atoms with Crippen LogP contribution < -0.4 is 10.1 Å². The van der Waals surface area contributed by atoms with Crippen LogP contribution in [0.25, 0.3) is 0 Å². The van der Waals surface area contributed by atoms with Crippen LogP contribution in [-0.2, 0) is 5.88 Å². The summed E-state index contributed by atoms with van der Waals surface area (Å²) in [6.45, 7) is 1.51. The molecule has 0 fully saturated rings. The molecule has 0 saturated carbocycles. The van der Waals surface area contributed by atoms with Crippen LogP contribution >= 0.6 is 11.6 Å². The Morgan fingerprint density at radius 2 is 2.50 bits per heavy atom. The fourth-order valence-corrected chi connectivity index (χ4v) is 1.28. The van der Waals surface area contributed by atoms with E-state index in [-0.39, 0.29) is 0 Å². The SMILES string of the molecule is ClCc1ccc2c(n1)NCCO2. The third-order valence-corrected chi connectivity index (χ3v) is 1.98. The maximum absolute atomic E-state index is 5.64. The van der Waals surface area contributed by atoms with E-state index in [4.69, 9.17) is 16.3 Å². The summed E-state index contributed by atoms with van der Waals surface area (Å²) in [7, 11) is 0. The fourth-order valence-electron chi connectivity index (χ4n) is 1.13. The minimum Gasteiger partial charge on any atom is -0.488 e. The van der Waals surface area contributed by atoms with Crippen LogP contribution in [0.5, 0.6) is 5.75 Å². The van der Waals surface area contributed by atoms with Crippen molar-refractivity contribution in [3.8, 4) is 5.75 Å². The van der Waals surface area contributed by atoms with Crippen LogP contribution in [0.15, 0.2) is 12.1 Å². The van der Waals surface area contributed by atoms with Gasteiger partial charge in [-0.25, -0.2) is 4.98 Å². The van der Waals surface area contributed by atoms with E-state index in [1.165, 1.54) is 0 Å². The maximum Gasteiger partial charge on any atom is 0.169 e. The molecule has 0 bridgehead atoms. The Morgan fingerprint density at radius 3 is 3.33 bits per heavy atom. The lowest BCUT2D eigenvalue weighted by atomic mass is 10.3. The number of halogens is 1. The van der Waals surface area contributed by atoms with Gasteiger partial charge in [0.2, 0.25) is 0 Å². The molecule has 0 radical (unpaired) electrons. The summed E-state index contributed by atoms with van der Waals surface area (Å²) in [5.74, 6) is 2.06. The quantitative estimate of drug-likeness (QED) is 0.674. The number of nitrogens with one attached hydrogen (secondary N) is 1. The molecule has 0 spiro atoms. The van der Waals surface area contributed by atoms with E-state index in [0.29, 0.717) is 12.5 Å². The predicted molar refractivity (Wildman–Crippen MR) is 47.8 cm³/mol. The van der Waals surface area contributed by atoms with Gasteiger partial charge in [0.25, 0.3) is 0 Å². The van der Waals surface area contributed by atoms with Crippen molar-refractivity contribution in [2.45, 2.75) is 5.88 Å². The predicted octanol–water partition coefficient (Wildman–Crippen LogP) is 1.62. The lowest BCUT2D eigenvalue weighted by Gasteiger charge is -2.17. The zero-order valence-electron chi connectivity index (χ0n) is 6.51. The highest BCUT2D eigenvalue weighted by atomic mass is 35.5. The second kappa shape index (κ2) is 3.19. The van der Waals surface area contributed by atoms with E-state index in [2.05, 4.69) is 10.3 Å². The number of hydrogen-bond acceptors (Lipinski definition) is 3. The van der Waals surface area contributed by atoms with Gasteiger partial charge in [-0.2, -0.15) is 0 Å². The van der Waals surface area contributed by atoms with Crippen LogP contribution in [0.4, 0.5) is 5.82 Å². The van der Waals surface area contributed by atoms with Gasteiger partial charge in [0.15, 0.2) is 11.6 Å². The van der Waals surface area contributed by atoms with E-state index < -0.39 is 0 Å². The fraction of sp³-hybridized carbons (Fsp3) is 0.375. The Bertz CT molecular complexity index is 290. The van der Waals surface area contributed by atoms with Gasteiger partial charge in [-0.1, -0.05) is 0 Å². The molecule has 1 aliphatic rings. The average Bonchev–Trinajstić information content (AvgIpc) is 2.17. The molecule has 2 heterocycles. The molecule has 0 atom stereocenters. The number of nitrogens with zero attached hydrogens (tertiary/aromatic N) is 1. The molecule has 0 aliphatic carbocycles. The first kappa shape index (κ1) is 7.68. The van der Waals surface area contributed by atoms with Crippen molar-refractivity contribution in [2.24, 2.45) is 0 Å². The highest BCUT2D eigenvalue weighted by Gasteiger charge is 2.10. The Morgan fingerprint density at radius 1 is 1.58 bits per heavy atom. The smallest absolute Gasteiger partial charge is 0.169 e. The standard InChI is InChI=1S/C8H9ClN2O/c9-5-6-1-2-7-8(11-6)10-3-4-12-7/h1-2H,3-5H2,(H,10,11). The van der Waals surface area contributed by atoms with Crippen molar-refractivity contribution in [1.29, 1.82) is 0 Å². The number of aromatic nitrogens is 1. The number of pyridine rings is 1. The van der Waals surface area contributed by atoms with E-state index in [1.54, 1.807) is 0 Å². The first-order chi connectivity index (χ1) is 5.90. The molecular formula is C8H9ClN2O. The van der Waals surface area contributed by atoms with Crippen LogP contribution in [0.2, 0.25) is 0 Å². The molecule has 3 nitrogen and oxygen atoms in total. The largest absolute Gasteiger partial charge is 0.488 e. The molecular weight excluding hydrogens is 176 g/mol. The van der Waals surface area contributed by atoms with Gasteiger partial charge < -0.3 is 10.1 Å². The Balaban J connectivity index is 2.36. The van der Waals surface area contributed by atoms with Gasteiger partial charge in [0.05, 0.1) is 18.1 Å². The lowest BCUT2D eigenvalue weighted by molar-refractivity contribution is 0.321. The minimum atomic E-state index is 0.439. The number of anilines is 1. The van der Waals surface area contributed by atoms with Gasteiger partial charge in [0.1, 0.15) is 6.61 Å². The highest BCUT2D eigenvalue weighted by molar-refractivity contribution is 6.16. The van der Waals surface area contributed by atoms with Gasteiger partial charge in [-0.15, -0.1) is 11.6 Å².